The molecule has 2 aliphatic rings. The summed E-state index contributed by atoms with van der Waals surface area (Å²) in [5.74, 6) is 0.753. The normalized spacial score (nSPS) is 24.7. The molecule has 0 aliphatic carbocycles. The van der Waals surface area contributed by atoms with Crippen LogP contribution >= 0.6 is 11.3 Å². The van der Waals surface area contributed by atoms with Gasteiger partial charge in [-0.2, -0.15) is 0 Å². The van der Waals surface area contributed by atoms with E-state index in [0.717, 1.165) is 56.0 Å². The molecule has 2 aromatic rings. The first-order chi connectivity index (χ1) is 14.1. The number of nitrogens with zero attached hydrogens (tertiary/aromatic N) is 2. The highest BCUT2D eigenvalue weighted by atomic mass is 32.1. The van der Waals surface area contributed by atoms with Gasteiger partial charge in [0.25, 0.3) is 0 Å². The number of amides is 1. The van der Waals surface area contributed by atoms with E-state index >= 15 is 0 Å². The van der Waals surface area contributed by atoms with E-state index in [9.17, 15) is 4.79 Å². The summed E-state index contributed by atoms with van der Waals surface area (Å²) in [5, 5.41) is 5.49. The maximum Gasteiger partial charge on any atom is 0.240 e. The van der Waals surface area contributed by atoms with Crippen LogP contribution in [0.2, 0.25) is 0 Å². The Labute approximate surface area is 175 Å². The van der Waals surface area contributed by atoms with Crippen LogP contribution in [0.3, 0.4) is 0 Å². The Morgan fingerprint density at radius 2 is 2.21 bits per heavy atom. The molecule has 2 atom stereocenters. The number of anilines is 1. The standard InChI is InChI=1S/C21H27N3O4S/c1-26-16-6-4-15(5-7-16)17-13-29-20(22-17)23-19(25)12-24-10-8-18(27-2)21(14-24)9-3-11-28-21/h4-7,13,18H,3,8-12,14H2,1-2H3,(H,22,23,25). The van der Waals surface area contributed by atoms with Gasteiger partial charge >= 0.3 is 0 Å². The maximum absolute atomic E-state index is 12.6. The molecule has 2 aliphatic heterocycles. The number of carbonyl (C=O) groups is 1. The number of thiazole rings is 1. The largest absolute Gasteiger partial charge is 0.497 e. The van der Waals surface area contributed by atoms with Crippen molar-refractivity contribution in [1.29, 1.82) is 0 Å². The van der Waals surface area contributed by atoms with Gasteiger partial charge in [0.1, 0.15) is 11.4 Å². The monoisotopic (exact) mass is 417 g/mol. The van der Waals surface area contributed by atoms with Crippen LogP contribution in [0.5, 0.6) is 5.75 Å². The van der Waals surface area contributed by atoms with Gasteiger partial charge in [-0.1, -0.05) is 0 Å². The van der Waals surface area contributed by atoms with E-state index in [4.69, 9.17) is 14.2 Å². The number of piperidine rings is 1. The Bertz CT molecular complexity index is 833. The summed E-state index contributed by atoms with van der Waals surface area (Å²) in [6.07, 6.45) is 3.02. The van der Waals surface area contributed by atoms with E-state index in [-0.39, 0.29) is 17.6 Å². The molecule has 1 aromatic carbocycles. The van der Waals surface area contributed by atoms with Crippen LogP contribution in [0.25, 0.3) is 11.3 Å². The molecule has 7 nitrogen and oxygen atoms in total. The number of rotatable bonds is 6. The van der Waals surface area contributed by atoms with Gasteiger partial charge in [0, 0.05) is 37.7 Å². The topological polar surface area (TPSA) is 72.9 Å². The van der Waals surface area contributed by atoms with Crippen molar-refractivity contribution in [1.82, 2.24) is 9.88 Å². The molecule has 0 radical (unpaired) electrons. The smallest absolute Gasteiger partial charge is 0.240 e. The van der Waals surface area contributed by atoms with Crippen molar-refractivity contribution >= 4 is 22.4 Å². The molecular weight excluding hydrogens is 390 g/mol. The van der Waals surface area contributed by atoms with E-state index in [1.807, 2.05) is 29.6 Å². The zero-order valence-electron chi connectivity index (χ0n) is 16.8. The molecule has 1 aromatic heterocycles. The van der Waals surface area contributed by atoms with E-state index in [1.54, 1.807) is 14.2 Å². The molecule has 2 saturated heterocycles. The molecule has 3 heterocycles. The van der Waals surface area contributed by atoms with Crippen LogP contribution in [-0.4, -0.2) is 68.0 Å². The lowest BCUT2D eigenvalue weighted by Gasteiger charge is -2.44. The van der Waals surface area contributed by atoms with Gasteiger partial charge in [-0.25, -0.2) is 4.98 Å². The number of likely N-dealkylation sites (tertiary alicyclic amines) is 1. The molecule has 0 saturated carbocycles. The number of methoxy groups -OCH3 is 2. The predicted molar refractivity (Wildman–Crippen MR) is 113 cm³/mol. The zero-order chi connectivity index (χ0) is 20.3. The zero-order valence-corrected chi connectivity index (χ0v) is 17.7. The minimum atomic E-state index is -0.268. The summed E-state index contributed by atoms with van der Waals surface area (Å²) in [5.41, 5.74) is 1.56. The number of benzene rings is 1. The van der Waals surface area contributed by atoms with Crippen molar-refractivity contribution in [2.45, 2.75) is 31.0 Å². The van der Waals surface area contributed by atoms with E-state index in [0.29, 0.717) is 11.7 Å². The highest BCUT2D eigenvalue weighted by molar-refractivity contribution is 7.14. The van der Waals surface area contributed by atoms with Gasteiger partial charge in [0.15, 0.2) is 5.13 Å². The van der Waals surface area contributed by atoms with Gasteiger partial charge in [0.2, 0.25) is 5.91 Å². The van der Waals surface area contributed by atoms with Crippen LogP contribution in [-0.2, 0) is 14.3 Å². The molecular formula is C21H27N3O4S. The Kier molecular flexibility index (Phi) is 6.15. The molecule has 0 bridgehead atoms. The average Bonchev–Trinajstić information content (AvgIpc) is 3.38. The number of nitrogens with one attached hydrogen (secondary N) is 1. The molecule has 4 rings (SSSR count). The fraction of sp³-hybridized carbons (Fsp3) is 0.524. The highest BCUT2D eigenvalue weighted by Gasteiger charge is 2.47. The van der Waals surface area contributed by atoms with Crippen molar-refractivity contribution < 1.29 is 19.0 Å². The third-order valence-electron chi connectivity index (χ3n) is 5.71. The molecule has 8 heteroatoms. The van der Waals surface area contributed by atoms with Gasteiger partial charge in [0.05, 0.1) is 25.5 Å². The average molecular weight is 418 g/mol. The Hall–Kier alpha value is -2.00. The lowest BCUT2D eigenvalue weighted by Crippen LogP contribution is -2.58. The quantitative estimate of drug-likeness (QED) is 0.779. The first-order valence-corrected chi connectivity index (χ1v) is 10.8. The number of ether oxygens (including phenoxy) is 3. The second-order valence-electron chi connectivity index (χ2n) is 7.56. The van der Waals surface area contributed by atoms with Crippen LogP contribution in [0.15, 0.2) is 29.6 Å². The first kappa shape index (κ1) is 20.3. The summed E-state index contributed by atoms with van der Waals surface area (Å²) in [6.45, 7) is 2.66. The van der Waals surface area contributed by atoms with E-state index in [1.165, 1.54) is 11.3 Å². The molecule has 156 valence electrons. The summed E-state index contributed by atoms with van der Waals surface area (Å²) < 4.78 is 16.9. The van der Waals surface area contributed by atoms with Crippen molar-refractivity contribution in [2.24, 2.45) is 0 Å². The third-order valence-corrected chi connectivity index (χ3v) is 6.47. The first-order valence-electron chi connectivity index (χ1n) is 9.91. The molecule has 1 amide bonds. The van der Waals surface area contributed by atoms with Crippen molar-refractivity contribution in [3.63, 3.8) is 0 Å². The fourth-order valence-corrected chi connectivity index (χ4v) is 5.01. The number of hydrogen-bond donors (Lipinski definition) is 1. The Morgan fingerprint density at radius 3 is 2.90 bits per heavy atom. The highest BCUT2D eigenvalue weighted by Crippen LogP contribution is 2.36. The molecule has 2 unspecified atom stereocenters. The lowest BCUT2D eigenvalue weighted by atomic mass is 9.87. The number of carbonyl (C=O) groups excluding carboxylic acids is 1. The molecule has 1 spiro atoms. The van der Waals surface area contributed by atoms with Crippen LogP contribution in [0.4, 0.5) is 5.13 Å². The Balaban J connectivity index is 1.34. The number of hydrogen-bond acceptors (Lipinski definition) is 7. The fourth-order valence-electron chi connectivity index (χ4n) is 4.27. The summed E-state index contributed by atoms with van der Waals surface area (Å²) in [7, 11) is 3.39. The second kappa shape index (κ2) is 8.79. The van der Waals surface area contributed by atoms with Crippen LogP contribution in [0.1, 0.15) is 19.3 Å². The summed E-state index contributed by atoms with van der Waals surface area (Å²) in [4.78, 5) is 19.3. The van der Waals surface area contributed by atoms with Crippen LogP contribution in [0, 0.1) is 0 Å². The minimum Gasteiger partial charge on any atom is -0.497 e. The minimum absolute atomic E-state index is 0.0513. The number of aromatic nitrogens is 1. The van der Waals surface area contributed by atoms with Crippen molar-refractivity contribution in [3.8, 4) is 17.0 Å². The maximum atomic E-state index is 12.6. The van der Waals surface area contributed by atoms with Crippen LogP contribution < -0.4 is 10.1 Å². The van der Waals surface area contributed by atoms with Gasteiger partial charge in [-0.05, 0) is 43.5 Å². The Morgan fingerprint density at radius 1 is 1.38 bits per heavy atom. The van der Waals surface area contributed by atoms with E-state index in [2.05, 4.69) is 15.2 Å². The van der Waals surface area contributed by atoms with Crippen molar-refractivity contribution in [3.05, 3.63) is 29.6 Å². The van der Waals surface area contributed by atoms with Gasteiger partial charge in [-0.3, -0.25) is 9.69 Å². The molecule has 29 heavy (non-hydrogen) atoms. The second-order valence-corrected chi connectivity index (χ2v) is 8.41. The van der Waals surface area contributed by atoms with E-state index < -0.39 is 0 Å². The third kappa shape index (κ3) is 4.45. The SMILES string of the molecule is COc1ccc(-c2csc(NC(=O)CN3CCC(OC)C4(CCCO4)C3)n2)cc1. The molecule has 1 N–H and O–H groups in total. The summed E-state index contributed by atoms with van der Waals surface area (Å²) in [6, 6.07) is 7.72. The lowest BCUT2D eigenvalue weighted by molar-refractivity contribution is -0.146. The van der Waals surface area contributed by atoms with Crippen molar-refractivity contribution in [2.75, 3.05) is 45.8 Å². The van der Waals surface area contributed by atoms with Gasteiger partial charge < -0.3 is 19.5 Å². The van der Waals surface area contributed by atoms with Gasteiger partial charge in [-0.15, -0.1) is 11.3 Å². The predicted octanol–water partition coefficient (Wildman–Crippen LogP) is 3.03. The summed E-state index contributed by atoms with van der Waals surface area (Å²) >= 11 is 1.43. The molecule has 2 fully saturated rings.